The summed E-state index contributed by atoms with van der Waals surface area (Å²) in [6, 6.07) is 4.75. The largest absolute Gasteiger partial charge is 0.491 e. The average molecular weight is 322 g/mol. The molecule has 0 bridgehead atoms. The van der Waals surface area contributed by atoms with Gasteiger partial charge in [0.25, 0.3) is 5.69 Å². The van der Waals surface area contributed by atoms with Crippen molar-refractivity contribution in [3.05, 3.63) is 28.3 Å². The Bertz CT molecular complexity index is 596. The number of anilines is 1. The predicted octanol–water partition coefficient (Wildman–Crippen LogP) is 1.42. The van der Waals surface area contributed by atoms with Crippen LogP contribution in [0.2, 0.25) is 0 Å². The molecule has 0 amide bonds. The minimum atomic E-state index is -1.37. The summed E-state index contributed by atoms with van der Waals surface area (Å²) in [4.78, 5) is 10.8. The third-order valence-corrected chi connectivity index (χ3v) is 4.32. The van der Waals surface area contributed by atoms with E-state index in [1.54, 1.807) is 39.8 Å². The third-order valence-electron chi connectivity index (χ3n) is 4.32. The van der Waals surface area contributed by atoms with Crippen LogP contribution in [0.25, 0.3) is 0 Å². The predicted molar refractivity (Wildman–Crippen MR) is 88.8 cm³/mol. The number of hydrogen-bond donors (Lipinski definition) is 3. The van der Waals surface area contributed by atoms with Crippen LogP contribution in [-0.4, -0.2) is 39.4 Å². The van der Waals surface area contributed by atoms with Crippen LogP contribution >= 0.6 is 0 Å². The van der Waals surface area contributed by atoms with Gasteiger partial charge >= 0.3 is 7.12 Å². The molecule has 0 radical (unpaired) electrons. The van der Waals surface area contributed by atoms with Gasteiger partial charge in [-0.25, -0.2) is 0 Å². The Kier molecular flexibility index (Phi) is 4.70. The second-order valence-electron chi connectivity index (χ2n) is 6.99. The standard InChI is InChI=1S/C15H23BN2O5/c1-14(2,19)15(3,4)23-16(20)10-5-8-12(17-11-6-7-11)13(9-10)18(21)22/h5,8-9,11,17,19-20H,6-7H2,1-4H3. The van der Waals surface area contributed by atoms with Crippen LogP contribution in [0.3, 0.4) is 0 Å². The first-order valence-corrected chi connectivity index (χ1v) is 7.64. The van der Waals surface area contributed by atoms with Crippen molar-refractivity contribution in [2.24, 2.45) is 0 Å². The molecule has 0 aliphatic heterocycles. The number of benzene rings is 1. The zero-order valence-electron chi connectivity index (χ0n) is 13.9. The molecule has 7 nitrogen and oxygen atoms in total. The molecule has 0 spiro atoms. The Morgan fingerprint density at radius 3 is 2.43 bits per heavy atom. The van der Waals surface area contributed by atoms with Gasteiger partial charge in [-0.15, -0.1) is 0 Å². The number of nitrogens with one attached hydrogen (secondary N) is 1. The van der Waals surface area contributed by atoms with Gasteiger partial charge in [0.15, 0.2) is 0 Å². The highest BCUT2D eigenvalue weighted by Crippen LogP contribution is 2.30. The van der Waals surface area contributed by atoms with Gasteiger partial charge in [0.1, 0.15) is 5.69 Å². The highest BCUT2D eigenvalue weighted by atomic mass is 16.6. The lowest BCUT2D eigenvalue weighted by Crippen LogP contribution is -2.53. The van der Waals surface area contributed by atoms with E-state index in [0.29, 0.717) is 5.69 Å². The van der Waals surface area contributed by atoms with E-state index in [1.165, 1.54) is 6.07 Å². The Balaban J connectivity index is 2.21. The second kappa shape index (κ2) is 6.11. The average Bonchev–Trinajstić information content (AvgIpc) is 3.20. The van der Waals surface area contributed by atoms with Crippen LogP contribution in [0.1, 0.15) is 40.5 Å². The van der Waals surface area contributed by atoms with E-state index in [2.05, 4.69) is 5.32 Å². The molecular formula is C15H23BN2O5. The van der Waals surface area contributed by atoms with Crippen molar-refractivity contribution >= 4 is 24.0 Å². The van der Waals surface area contributed by atoms with E-state index in [-0.39, 0.29) is 17.2 Å². The van der Waals surface area contributed by atoms with Gasteiger partial charge in [0.05, 0.1) is 16.1 Å². The third kappa shape index (κ3) is 4.22. The summed E-state index contributed by atoms with van der Waals surface area (Å²) >= 11 is 0. The Labute approximate surface area is 136 Å². The normalized spacial score (nSPS) is 15.4. The fourth-order valence-corrected chi connectivity index (χ4v) is 1.91. The van der Waals surface area contributed by atoms with E-state index >= 15 is 0 Å². The van der Waals surface area contributed by atoms with Crippen molar-refractivity contribution in [2.75, 3.05) is 5.32 Å². The molecule has 0 unspecified atom stereocenters. The Morgan fingerprint density at radius 1 is 1.35 bits per heavy atom. The highest BCUT2D eigenvalue weighted by molar-refractivity contribution is 6.60. The van der Waals surface area contributed by atoms with Crippen molar-refractivity contribution in [1.82, 2.24) is 0 Å². The Morgan fingerprint density at radius 2 is 1.96 bits per heavy atom. The minimum absolute atomic E-state index is 0.0990. The van der Waals surface area contributed by atoms with E-state index in [0.717, 1.165) is 12.8 Å². The summed E-state index contributed by atoms with van der Waals surface area (Å²) in [7, 11) is -1.37. The van der Waals surface area contributed by atoms with Gasteiger partial charge in [-0.1, -0.05) is 6.07 Å². The summed E-state index contributed by atoms with van der Waals surface area (Å²) in [6.07, 6.45) is 2.01. The maximum atomic E-state index is 11.2. The van der Waals surface area contributed by atoms with E-state index in [9.17, 15) is 20.2 Å². The van der Waals surface area contributed by atoms with Crippen LogP contribution < -0.4 is 10.8 Å². The number of nitrogens with zero attached hydrogens (tertiary/aromatic N) is 1. The second-order valence-corrected chi connectivity index (χ2v) is 6.99. The van der Waals surface area contributed by atoms with Crippen LogP contribution in [0.4, 0.5) is 11.4 Å². The molecule has 1 aliphatic rings. The van der Waals surface area contributed by atoms with Gasteiger partial charge in [0, 0.05) is 12.1 Å². The van der Waals surface area contributed by atoms with Crippen molar-refractivity contribution in [2.45, 2.75) is 57.8 Å². The molecule has 0 aromatic heterocycles. The molecule has 3 N–H and O–H groups in total. The molecule has 1 aromatic rings. The lowest BCUT2D eigenvalue weighted by atomic mass is 9.76. The molecule has 0 saturated heterocycles. The van der Waals surface area contributed by atoms with Gasteiger partial charge in [0.2, 0.25) is 0 Å². The molecule has 0 heterocycles. The zero-order valence-corrected chi connectivity index (χ0v) is 13.9. The number of aliphatic hydroxyl groups is 1. The molecule has 2 rings (SSSR count). The molecular weight excluding hydrogens is 299 g/mol. The molecule has 8 heteroatoms. The topological polar surface area (TPSA) is 105 Å². The lowest BCUT2D eigenvalue weighted by Gasteiger charge is -2.38. The van der Waals surface area contributed by atoms with Crippen molar-refractivity contribution in [3.8, 4) is 0 Å². The zero-order chi connectivity index (χ0) is 17.4. The highest BCUT2D eigenvalue weighted by Gasteiger charge is 2.40. The van der Waals surface area contributed by atoms with Gasteiger partial charge < -0.3 is 20.1 Å². The fourth-order valence-electron chi connectivity index (χ4n) is 1.91. The van der Waals surface area contributed by atoms with Crippen molar-refractivity contribution in [3.63, 3.8) is 0 Å². The number of hydrogen-bond acceptors (Lipinski definition) is 6. The van der Waals surface area contributed by atoms with Crippen LogP contribution in [0.5, 0.6) is 0 Å². The van der Waals surface area contributed by atoms with Crippen LogP contribution in [0, 0.1) is 10.1 Å². The Hall–Kier alpha value is -1.64. The first kappa shape index (κ1) is 17.7. The van der Waals surface area contributed by atoms with Gasteiger partial charge in [-0.3, -0.25) is 10.1 Å². The summed E-state index contributed by atoms with van der Waals surface area (Å²) in [5, 5.41) is 34.7. The quantitative estimate of drug-likeness (QED) is 0.398. The maximum Gasteiger partial charge on any atom is 0.491 e. The fraction of sp³-hybridized carbons (Fsp3) is 0.600. The molecule has 1 saturated carbocycles. The van der Waals surface area contributed by atoms with Crippen LogP contribution in [-0.2, 0) is 4.65 Å². The summed E-state index contributed by atoms with van der Waals surface area (Å²) in [5.74, 6) is 0. The van der Waals surface area contributed by atoms with Gasteiger partial charge in [-0.05, 0) is 52.1 Å². The molecule has 1 aromatic carbocycles. The van der Waals surface area contributed by atoms with E-state index in [4.69, 9.17) is 4.65 Å². The molecule has 1 aliphatic carbocycles. The van der Waals surface area contributed by atoms with Gasteiger partial charge in [-0.2, -0.15) is 0 Å². The first-order valence-electron chi connectivity index (χ1n) is 7.64. The number of nitro benzene ring substituents is 1. The number of nitro groups is 1. The smallest absolute Gasteiger partial charge is 0.423 e. The first-order chi connectivity index (χ1) is 10.5. The monoisotopic (exact) mass is 322 g/mol. The van der Waals surface area contributed by atoms with Crippen molar-refractivity contribution in [1.29, 1.82) is 0 Å². The summed E-state index contributed by atoms with van der Waals surface area (Å²) in [5.41, 5.74) is -1.61. The van der Waals surface area contributed by atoms with E-state index in [1.807, 2.05) is 0 Å². The molecule has 126 valence electrons. The SMILES string of the molecule is CC(C)(O)C(C)(C)OB(O)c1ccc(NC2CC2)c([N+](=O)[O-])c1. The van der Waals surface area contributed by atoms with E-state index < -0.39 is 23.2 Å². The molecule has 23 heavy (non-hydrogen) atoms. The molecule has 0 atom stereocenters. The van der Waals surface area contributed by atoms with Crippen LogP contribution in [0.15, 0.2) is 18.2 Å². The number of rotatable bonds is 7. The summed E-state index contributed by atoms with van der Waals surface area (Å²) in [6.45, 7) is 6.44. The minimum Gasteiger partial charge on any atom is -0.423 e. The maximum absolute atomic E-state index is 11.2. The molecule has 1 fully saturated rings. The summed E-state index contributed by atoms with van der Waals surface area (Å²) < 4.78 is 5.52. The van der Waals surface area contributed by atoms with Crippen molar-refractivity contribution < 1.29 is 19.7 Å². The lowest BCUT2D eigenvalue weighted by molar-refractivity contribution is -0.383.